The van der Waals surface area contributed by atoms with Crippen LogP contribution < -0.4 is 0 Å². The molecule has 2 N–H and O–H groups in total. The first kappa shape index (κ1) is 10.8. The Kier molecular flexibility index (Phi) is 5.23. The van der Waals surface area contributed by atoms with Crippen LogP contribution in [0.4, 0.5) is 0 Å². The first-order valence-electron chi connectivity index (χ1n) is 2.67. The number of allylic oxidation sites excluding steroid dienone is 1. The summed E-state index contributed by atoms with van der Waals surface area (Å²) < 4.78 is 0. The van der Waals surface area contributed by atoms with Crippen molar-refractivity contribution in [1.82, 2.24) is 0 Å². The minimum Gasteiger partial charge on any atom is -0.412 e. The lowest BCUT2D eigenvalue weighted by Crippen LogP contribution is -2.16. The molecule has 0 saturated heterocycles. The summed E-state index contributed by atoms with van der Waals surface area (Å²) in [6.45, 7) is 10.7. The molecule has 0 heterocycles. The van der Waals surface area contributed by atoms with Gasteiger partial charge in [-0.25, -0.2) is 0 Å². The topological polar surface area (TPSA) is 31.5 Å². The highest BCUT2D eigenvalue weighted by Crippen LogP contribution is 2.06. The molecule has 0 aromatic carbocycles. The van der Waals surface area contributed by atoms with E-state index in [1.807, 2.05) is 6.08 Å². The molecule has 0 aromatic rings. The molecule has 0 aliphatic heterocycles. The van der Waals surface area contributed by atoms with Gasteiger partial charge in [0.15, 0.2) is 0 Å². The molecular formula is C6H16OSi. The molecular weight excluding hydrogens is 116 g/mol. The normalized spacial score (nSPS) is 9.88. The maximum absolute atomic E-state index is 3.68. The molecule has 50 valence electrons. The molecule has 0 aliphatic rings. The zero-order chi connectivity index (χ0) is 5.91. The zero-order valence-electron chi connectivity index (χ0n) is 5.99. The van der Waals surface area contributed by atoms with E-state index in [-0.39, 0.29) is 5.48 Å². The SMILES string of the molecule is C=CC[Si](C)(C)C.O. The van der Waals surface area contributed by atoms with Gasteiger partial charge in [-0.1, -0.05) is 25.7 Å². The summed E-state index contributed by atoms with van der Waals surface area (Å²) in [7, 11) is -0.775. The predicted octanol–water partition coefficient (Wildman–Crippen LogP) is 1.69. The van der Waals surface area contributed by atoms with E-state index >= 15 is 0 Å². The summed E-state index contributed by atoms with van der Waals surface area (Å²) >= 11 is 0. The van der Waals surface area contributed by atoms with E-state index in [1.54, 1.807) is 0 Å². The molecule has 0 fully saturated rings. The Morgan fingerprint density at radius 1 is 1.38 bits per heavy atom. The molecule has 0 saturated carbocycles. The van der Waals surface area contributed by atoms with E-state index in [0.29, 0.717) is 0 Å². The molecule has 0 radical (unpaired) electrons. The van der Waals surface area contributed by atoms with Gasteiger partial charge in [-0.15, -0.1) is 6.58 Å². The van der Waals surface area contributed by atoms with Crippen molar-refractivity contribution in [3.05, 3.63) is 12.7 Å². The van der Waals surface area contributed by atoms with Crippen LogP contribution in [0.2, 0.25) is 25.7 Å². The molecule has 0 atom stereocenters. The summed E-state index contributed by atoms with van der Waals surface area (Å²) in [6.07, 6.45) is 2.02. The molecule has 0 amide bonds. The Balaban J connectivity index is 0. The van der Waals surface area contributed by atoms with Crippen LogP contribution in [0, 0.1) is 0 Å². The quantitative estimate of drug-likeness (QED) is 0.404. The lowest BCUT2D eigenvalue weighted by atomic mass is 10.8. The van der Waals surface area contributed by atoms with Crippen molar-refractivity contribution in [1.29, 1.82) is 0 Å². The molecule has 0 spiro atoms. The monoisotopic (exact) mass is 132 g/mol. The van der Waals surface area contributed by atoms with Crippen LogP contribution in [0.25, 0.3) is 0 Å². The largest absolute Gasteiger partial charge is 0.412 e. The summed E-state index contributed by atoms with van der Waals surface area (Å²) in [5.74, 6) is 0. The van der Waals surface area contributed by atoms with Crippen LogP contribution in [0.1, 0.15) is 0 Å². The van der Waals surface area contributed by atoms with E-state index < -0.39 is 8.07 Å². The third kappa shape index (κ3) is 9.32. The van der Waals surface area contributed by atoms with Crippen LogP contribution in [-0.4, -0.2) is 13.6 Å². The minimum atomic E-state index is -0.775. The summed E-state index contributed by atoms with van der Waals surface area (Å²) in [5.41, 5.74) is 0. The van der Waals surface area contributed by atoms with Crippen LogP contribution in [-0.2, 0) is 0 Å². The van der Waals surface area contributed by atoms with E-state index in [0.717, 1.165) is 0 Å². The Bertz CT molecular complexity index is 63.4. The standard InChI is InChI=1S/C6H14Si.H2O/c1-5-6-7(2,3)4;/h5H,1,6H2,2-4H3;1H2. The molecule has 0 aromatic heterocycles. The first-order valence-corrected chi connectivity index (χ1v) is 6.38. The molecule has 0 aliphatic carbocycles. The van der Waals surface area contributed by atoms with Crippen molar-refractivity contribution < 1.29 is 5.48 Å². The molecule has 1 nitrogen and oxygen atoms in total. The third-order valence-corrected chi connectivity index (χ3v) is 2.27. The van der Waals surface area contributed by atoms with Crippen LogP contribution >= 0.6 is 0 Å². The van der Waals surface area contributed by atoms with Gasteiger partial charge in [-0.3, -0.25) is 0 Å². The van der Waals surface area contributed by atoms with Crippen molar-refractivity contribution in [3.63, 3.8) is 0 Å². The van der Waals surface area contributed by atoms with Gasteiger partial charge in [0.25, 0.3) is 0 Å². The second-order valence-electron chi connectivity index (χ2n) is 3.05. The fourth-order valence-electron chi connectivity index (χ4n) is 0.433. The summed E-state index contributed by atoms with van der Waals surface area (Å²) in [6, 6.07) is 1.24. The van der Waals surface area contributed by atoms with E-state index in [4.69, 9.17) is 0 Å². The maximum atomic E-state index is 3.68. The van der Waals surface area contributed by atoms with Crippen molar-refractivity contribution in [2.24, 2.45) is 0 Å². The summed E-state index contributed by atoms with van der Waals surface area (Å²) in [4.78, 5) is 0. The average Bonchev–Trinajstić information content (AvgIpc) is 1.30. The number of hydrogen-bond donors (Lipinski definition) is 0. The van der Waals surface area contributed by atoms with Crippen molar-refractivity contribution in [2.75, 3.05) is 0 Å². The second kappa shape index (κ2) is 3.86. The van der Waals surface area contributed by atoms with Crippen LogP contribution in [0.5, 0.6) is 0 Å². The van der Waals surface area contributed by atoms with Gasteiger partial charge in [0.2, 0.25) is 0 Å². The van der Waals surface area contributed by atoms with Crippen molar-refractivity contribution in [2.45, 2.75) is 25.7 Å². The smallest absolute Gasteiger partial charge is 0.0480 e. The third-order valence-electron chi connectivity index (χ3n) is 0.757. The lowest BCUT2D eigenvalue weighted by molar-refractivity contribution is 0.824. The van der Waals surface area contributed by atoms with Gasteiger partial charge in [0, 0.05) is 8.07 Å². The van der Waals surface area contributed by atoms with E-state index in [9.17, 15) is 0 Å². The molecule has 8 heavy (non-hydrogen) atoms. The van der Waals surface area contributed by atoms with Gasteiger partial charge in [0.1, 0.15) is 0 Å². The predicted molar refractivity (Wildman–Crippen MR) is 42.0 cm³/mol. The van der Waals surface area contributed by atoms with Gasteiger partial charge in [-0.2, -0.15) is 0 Å². The molecule has 2 heteroatoms. The Hall–Kier alpha value is -0.0831. The van der Waals surface area contributed by atoms with E-state index in [2.05, 4.69) is 26.2 Å². The first-order chi connectivity index (χ1) is 3.06. The van der Waals surface area contributed by atoms with Gasteiger partial charge < -0.3 is 5.48 Å². The maximum Gasteiger partial charge on any atom is 0.0480 e. The minimum absolute atomic E-state index is 0. The number of hydrogen-bond acceptors (Lipinski definition) is 0. The van der Waals surface area contributed by atoms with Gasteiger partial charge in [-0.05, 0) is 6.04 Å². The van der Waals surface area contributed by atoms with Gasteiger partial charge in [0.05, 0.1) is 0 Å². The van der Waals surface area contributed by atoms with Gasteiger partial charge >= 0.3 is 0 Å². The van der Waals surface area contributed by atoms with Crippen LogP contribution in [0.15, 0.2) is 12.7 Å². The Morgan fingerprint density at radius 2 is 1.75 bits per heavy atom. The van der Waals surface area contributed by atoms with E-state index in [1.165, 1.54) is 6.04 Å². The fraction of sp³-hybridized carbons (Fsp3) is 0.667. The highest BCUT2D eigenvalue weighted by atomic mass is 28.3. The lowest BCUT2D eigenvalue weighted by Gasteiger charge is -2.10. The Labute approximate surface area is 52.7 Å². The van der Waals surface area contributed by atoms with Crippen molar-refractivity contribution >= 4 is 8.07 Å². The van der Waals surface area contributed by atoms with Crippen LogP contribution in [0.3, 0.4) is 0 Å². The number of rotatable bonds is 2. The van der Waals surface area contributed by atoms with Crippen molar-refractivity contribution in [3.8, 4) is 0 Å². The second-order valence-corrected chi connectivity index (χ2v) is 8.58. The molecule has 0 bridgehead atoms. The average molecular weight is 132 g/mol. The molecule has 0 rings (SSSR count). The highest BCUT2D eigenvalue weighted by molar-refractivity contribution is 6.76. The fourth-order valence-corrected chi connectivity index (χ4v) is 1.30. The zero-order valence-corrected chi connectivity index (χ0v) is 6.99. The Morgan fingerprint density at radius 3 is 1.75 bits per heavy atom. The summed E-state index contributed by atoms with van der Waals surface area (Å²) in [5, 5.41) is 0. The molecule has 0 unspecified atom stereocenters. The highest BCUT2D eigenvalue weighted by Gasteiger charge is 2.08.